The van der Waals surface area contributed by atoms with Gasteiger partial charge < -0.3 is 24.6 Å². The Kier molecular flexibility index (Phi) is 8.81. The van der Waals surface area contributed by atoms with Crippen molar-refractivity contribution in [3.63, 3.8) is 0 Å². The number of nitrogens with zero attached hydrogens (tertiary/aromatic N) is 6. The number of amides is 2. The van der Waals surface area contributed by atoms with Crippen molar-refractivity contribution in [2.75, 3.05) is 51.4 Å². The number of imidazole rings is 1. The number of ether oxygens (including phenoxy) is 2. The molecule has 5 rings (SSSR count). The Bertz CT molecular complexity index is 1330. The summed E-state index contributed by atoms with van der Waals surface area (Å²) in [6.07, 6.45) is 8.48. The molecule has 0 spiro atoms. The first-order valence-electron chi connectivity index (χ1n) is 13.5. The highest BCUT2D eigenvalue weighted by Crippen LogP contribution is 2.27. The number of hydrogen-bond donors (Lipinski definition) is 1. The smallest absolute Gasteiger partial charge is 0.236 e. The Hall–Kier alpha value is -3.70. The number of carbonyl (C=O) groups excluding carboxylic acids is 2. The van der Waals surface area contributed by atoms with Gasteiger partial charge in [0.05, 0.1) is 30.7 Å². The summed E-state index contributed by atoms with van der Waals surface area (Å²) in [4.78, 5) is 43.8. The van der Waals surface area contributed by atoms with Crippen LogP contribution in [0, 0.1) is 12.8 Å². The van der Waals surface area contributed by atoms with E-state index in [-0.39, 0.29) is 30.2 Å². The third kappa shape index (κ3) is 6.37. The van der Waals surface area contributed by atoms with E-state index < -0.39 is 0 Å². The highest BCUT2D eigenvalue weighted by atomic mass is 35.5. The number of halogens is 1. The molecule has 2 fully saturated rings. The number of piperazine rings is 1. The van der Waals surface area contributed by atoms with Gasteiger partial charge in [0.15, 0.2) is 0 Å². The number of benzene rings is 1. The van der Waals surface area contributed by atoms with Gasteiger partial charge in [-0.2, -0.15) is 4.98 Å². The first-order valence-corrected chi connectivity index (χ1v) is 13.8. The zero-order valence-electron chi connectivity index (χ0n) is 22.8. The van der Waals surface area contributed by atoms with Gasteiger partial charge in [-0.3, -0.25) is 14.2 Å². The number of rotatable bonds is 9. The van der Waals surface area contributed by atoms with Crippen LogP contribution in [-0.4, -0.2) is 88.8 Å². The fourth-order valence-electron chi connectivity index (χ4n) is 5.21. The molecule has 0 radical (unpaired) electrons. The van der Waals surface area contributed by atoms with Crippen LogP contribution in [0.1, 0.15) is 24.0 Å². The second-order valence-electron chi connectivity index (χ2n) is 10.1. The van der Waals surface area contributed by atoms with Crippen LogP contribution in [0.3, 0.4) is 0 Å². The molecule has 2 aliphatic heterocycles. The van der Waals surface area contributed by atoms with Crippen molar-refractivity contribution in [1.82, 2.24) is 29.7 Å². The summed E-state index contributed by atoms with van der Waals surface area (Å²) in [5, 5.41) is 3.58. The van der Waals surface area contributed by atoms with Gasteiger partial charge in [0, 0.05) is 63.4 Å². The van der Waals surface area contributed by atoms with Gasteiger partial charge in [-0.05, 0) is 37.5 Å². The van der Waals surface area contributed by atoms with Crippen LogP contribution in [0.25, 0.3) is 5.95 Å². The van der Waals surface area contributed by atoms with E-state index >= 15 is 0 Å². The number of aryl methyl sites for hydroxylation is 1. The molecular weight excluding hydrogens is 534 g/mol. The minimum Gasteiger partial charge on any atom is -0.495 e. The molecule has 0 saturated carbocycles. The molecular formula is C28H34ClN7O4. The number of carbonyl (C=O) groups is 2. The highest BCUT2D eigenvalue weighted by Gasteiger charge is 2.36. The molecule has 2 saturated heterocycles. The molecule has 4 heterocycles. The first kappa shape index (κ1) is 27.9. The number of hydrogen-bond acceptors (Lipinski definition) is 8. The van der Waals surface area contributed by atoms with Crippen molar-refractivity contribution in [1.29, 1.82) is 0 Å². The van der Waals surface area contributed by atoms with Crippen LogP contribution in [0.4, 0.5) is 5.82 Å². The number of methoxy groups -OCH3 is 1. The van der Waals surface area contributed by atoms with E-state index in [0.717, 1.165) is 23.4 Å². The van der Waals surface area contributed by atoms with Crippen LogP contribution in [0.2, 0.25) is 5.02 Å². The summed E-state index contributed by atoms with van der Waals surface area (Å²) in [5.74, 6) is 1.76. The Labute approximate surface area is 238 Å². The first-order chi connectivity index (χ1) is 19.4. The van der Waals surface area contributed by atoms with E-state index in [2.05, 4.69) is 20.2 Å². The van der Waals surface area contributed by atoms with Crippen molar-refractivity contribution >= 4 is 29.2 Å². The molecule has 2 amide bonds. The van der Waals surface area contributed by atoms with E-state index in [1.807, 2.05) is 30.0 Å². The van der Waals surface area contributed by atoms with Crippen molar-refractivity contribution in [2.45, 2.75) is 32.2 Å². The van der Waals surface area contributed by atoms with Gasteiger partial charge in [-0.15, -0.1) is 0 Å². The third-order valence-corrected chi connectivity index (χ3v) is 7.68. The molecule has 12 heteroatoms. The van der Waals surface area contributed by atoms with Crippen LogP contribution in [-0.2, 0) is 20.7 Å². The van der Waals surface area contributed by atoms with Crippen molar-refractivity contribution < 1.29 is 19.1 Å². The molecule has 2 atom stereocenters. The van der Waals surface area contributed by atoms with Crippen molar-refractivity contribution in [3.8, 4) is 11.7 Å². The van der Waals surface area contributed by atoms with Gasteiger partial charge in [-0.25, -0.2) is 9.97 Å². The lowest BCUT2D eigenvalue weighted by atomic mass is 10.0. The van der Waals surface area contributed by atoms with E-state index in [9.17, 15) is 9.59 Å². The fourth-order valence-corrected chi connectivity index (χ4v) is 5.49. The maximum absolute atomic E-state index is 13.2. The van der Waals surface area contributed by atoms with Crippen molar-refractivity contribution in [3.05, 3.63) is 59.3 Å². The average Bonchev–Trinajstić information content (AvgIpc) is 3.69. The lowest BCUT2D eigenvalue weighted by Gasteiger charge is -2.43. The summed E-state index contributed by atoms with van der Waals surface area (Å²) in [6.45, 7) is 5.03. The molecule has 0 bridgehead atoms. The number of anilines is 1. The molecule has 2 unspecified atom stereocenters. The molecule has 212 valence electrons. The Balaban J connectivity index is 1.30. The average molecular weight is 568 g/mol. The molecule has 11 nitrogen and oxygen atoms in total. The number of nitrogens with one attached hydrogen (secondary N) is 1. The quantitative estimate of drug-likeness (QED) is 0.419. The summed E-state index contributed by atoms with van der Waals surface area (Å²) in [7, 11) is 1.58. The highest BCUT2D eigenvalue weighted by molar-refractivity contribution is 6.32. The zero-order valence-corrected chi connectivity index (χ0v) is 23.5. The second-order valence-corrected chi connectivity index (χ2v) is 10.5. The van der Waals surface area contributed by atoms with Gasteiger partial charge in [0.1, 0.15) is 17.9 Å². The molecule has 3 aromatic rings. The molecule has 2 aromatic heterocycles. The molecule has 1 N–H and O–H groups in total. The predicted molar refractivity (Wildman–Crippen MR) is 150 cm³/mol. The SMILES string of the molecule is COc1ccc(CCNC(=O)CC2CN(C(=O)C3CCOC3)CCN2c2nc(-n3ccnc3)ncc2C)cc1Cl. The van der Waals surface area contributed by atoms with Crippen LogP contribution in [0.5, 0.6) is 5.75 Å². The molecule has 0 aliphatic carbocycles. The van der Waals surface area contributed by atoms with Crippen LogP contribution >= 0.6 is 11.6 Å². The molecule has 2 aliphatic rings. The second kappa shape index (κ2) is 12.6. The van der Waals surface area contributed by atoms with E-state index in [1.165, 1.54) is 0 Å². The molecule has 1 aromatic carbocycles. The maximum atomic E-state index is 13.2. The van der Waals surface area contributed by atoms with E-state index in [0.29, 0.717) is 62.5 Å². The Morgan fingerprint density at radius 3 is 2.88 bits per heavy atom. The predicted octanol–water partition coefficient (Wildman–Crippen LogP) is 2.44. The largest absolute Gasteiger partial charge is 0.495 e. The Morgan fingerprint density at radius 2 is 2.15 bits per heavy atom. The fraction of sp³-hybridized carbons (Fsp3) is 0.464. The monoisotopic (exact) mass is 567 g/mol. The van der Waals surface area contributed by atoms with E-state index in [1.54, 1.807) is 36.6 Å². The van der Waals surface area contributed by atoms with Crippen LogP contribution in [0.15, 0.2) is 43.1 Å². The van der Waals surface area contributed by atoms with Crippen LogP contribution < -0.4 is 15.0 Å². The van der Waals surface area contributed by atoms with Crippen molar-refractivity contribution in [2.24, 2.45) is 5.92 Å². The number of aromatic nitrogens is 4. The van der Waals surface area contributed by atoms with Gasteiger partial charge in [-0.1, -0.05) is 17.7 Å². The summed E-state index contributed by atoms with van der Waals surface area (Å²) < 4.78 is 12.4. The van der Waals surface area contributed by atoms with E-state index in [4.69, 9.17) is 26.1 Å². The third-order valence-electron chi connectivity index (χ3n) is 7.39. The summed E-state index contributed by atoms with van der Waals surface area (Å²) in [5.41, 5.74) is 1.90. The Morgan fingerprint density at radius 1 is 1.27 bits per heavy atom. The minimum absolute atomic E-state index is 0.0883. The molecule has 40 heavy (non-hydrogen) atoms. The van der Waals surface area contributed by atoms with Gasteiger partial charge in [0.2, 0.25) is 17.8 Å². The normalized spacial score (nSPS) is 19.1. The summed E-state index contributed by atoms with van der Waals surface area (Å²) >= 11 is 6.24. The lowest BCUT2D eigenvalue weighted by Crippen LogP contribution is -2.57. The van der Waals surface area contributed by atoms with Gasteiger partial charge >= 0.3 is 0 Å². The lowest BCUT2D eigenvalue weighted by molar-refractivity contribution is -0.137. The van der Waals surface area contributed by atoms with Gasteiger partial charge in [0.25, 0.3) is 0 Å². The maximum Gasteiger partial charge on any atom is 0.236 e. The summed E-state index contributed by atoms with van der Waals surface area (Å²) in [6, 6.07) is 5.36. The topological polar surface area (TPSA) is 115 Å². The zero-order chi connectivity index (χ0) is 28.1. The minimum atomic E-state index is -0.250. The standard InChI is InChI=1S/C28H34ClN7O4/c1-19-15-32-28(35-9-8-30-18-35)33-26(19)36-11-10-34(27(38)21-6-12-40-17-21)16-22(36)14-25(37)31-7-5-20-3-4-24(39-2)23(29)13-20/h3-4,8-9,13,15,18,21-22H,5-7,10-12,14,16-17H2,1-2H3,(H,31,37).